The van der Waals surface area contributed by atoms with E-state index in [1.54, 1.807) is 0 Å². The molecule has 0 amide bonds. The van der Waals surface area contributed by atoms with E-state index in [4.69, 9.17) is 0 Å². The Hall–Kier alpha value is -1.26. The molecule has 0 heterocycles. The molecule has 1 aromatic rings. The van der Waals surface area contributed by atoms with Gasteiger partial charge < -0.3 is 0 Å². The van der Waals surface area contributed by atoms with Crippen LogP contribution in [0.25, 0.3) is 0 Å². The first-order chi connectivity index (χ1) is 9.86. The Morgan fingerprint density at radius 2 is 1.60 bits per heavy atom. The molecule has 0 N–H and O–H groups in total. The largest absolute Gasteiger partial charge is 0.126 e. The molecule has 0 spiro atoms. The summed E-state index contributed by atoms with van der Waals surface area (Å²) in [5.41, 5.74) is 6.47. The van der Waals surface area contributed by atoms with Crippen molar-refractivity contribution in [3.05, 3.63) is 53.3 Å². The lowest BCUT2D eigenvalue weighted by Crippen LogP contribution is -1.85. The summed E-state index contributed by atoms with van der Waals surface area (Å²) in [5.74, 6) is 0. The van der Waals surface area contributed by atoms with Crippen molar-refractivity contribution in [2.75, 3.05) is 0 Å². The van der Waals surface area contributed by atoms with Gasteiger partial charge in [0, 0.05) is 0 Å². The van der Waals surface area contributed by atoms with Crippen LogP contribution in [0.15, 0.2) is 47.7 Å². The summed E-state index contributed by atoms with van der Waals surface area (Å²) in [6.45, 7) is 4.54. The highest BCUT2D eigenvalue weighted by Crippen LogP contribution is 2.15. The van der Waals surface area contributed by atoms with Gasteiger partial charge in [0.05, 0.1) is 0 Å². The molecule has 0 radical (unpaired) electrons. The Kier molecular flexibility index (Phi) is 9.70. The minimum Gasteiger partial charge on any atom is -0.126 e. The lowest BCUT2D eigenvalue weighted by atomic mass is 10.0. The van der Waals surface area contributed by atoms with Crippen LogP contribution in [-0.4, -0.2) is 0 Å². The lowest BCUT2D eigenvalue weighted by Gasteiger charge is -2.04. The minimum atomic E-state index is 1.01. The van der Waals surface area contributed by atoms with Crippen LogP contribution in [-0.2, 0) is 6.42 Å². The van der Waals surface area contributed by atoms with Crippen LogP contribution in [0, 0.1) is 0 Å². The fourth-order valence-electron chi connectivity index (χ4n) is 2.35. The number of unbranched alkanes of at least 4 members (excludes halogenated alkanes) is 4. The summed E-state index contributed by atoms with van der Waals surface area (Å²) in [5, 5.41) is 0. The van der Waals surface area contributed by atoms with Crippen LogP contribution in [0.3, 0.4) is 0 Å². The Morgan fingerprint density at radius 3 is 2.30 bits per heavy atom. The second-order valence-corrected chi connectivity index (χ2v) is 5.56. The summed E-state index contributed by atoms with van der Waals surface area (Å²) in [6, 6.07) is 10.7. The molecule has 0 fully saturated rings. The molecule has 0 aliphatic carbocycles. The molecule has 0 saturated carbocycles. The van der Waals surface area contributed by atoms with Crippen LogP contribution in [0.5, 0.6) is 0 Å². The molecule has 1 rings (SSSR count). The quantitative estimate of drug-likeness (QED) is 0.337. The molecule has 0 aliphatic heterocycles. The maximum absolute atomic E-state index is 3.57. The second kappa shape index (κ2) is 11.6. The van der Waals surface area contributed by atoms with Gasteiger partial charge in [-0.25, -0.2) is 0 Å². The van der Waals surface area contributed by atoms with Crippen molar-refractivity contribution >= 4 is 0 Å². The van der Waals surface area contributed by atoms with E-state index in [0.29, 0.717) is 0 Å². The first-order valence-electron chi connectivity index (χ1n) is 8.33. The Bertz CT molecular complexity index is 393. The first kappa shape index (κ1) is 16.8. The maximum atomic E-state index is 3.57. The number of hydrogen-bond donors (Lipinski definition) is 0. The average molecular weight is 270 g/mol. The lowest BCUT2D eigenvalue weighted by molar-refractivity contribution is 0.646. The van der Waals surface area contributed by atoms with Gasteiger partial charge in [-0.3, -0.25) is 0 Å². The van der Waals surface area contributed by atoms with Gasteiger partial charge >= 0.3 is 0 Å². The SMILES string of the molecule is CCCCCCC(=C=CCc1ccccc1)CCCC. The fourth-order valence-corrected chi connectivity index (χ4v) is 2.35. The van der Waals surface area contributed by atoms with E-state index < -0.39 is 0 Å². The van der Waals surface area contributed by atoms with Gasteiger partial charge in [-0.1, -0.05) is 69.9 Å². The molecule has 0 bridgehead atoms. The summed E-state index contributed by atoms with van der Waals surface area (Å²) in [6.07, 6.45) is 13.7. The van der Waals surface area contributed by atoms with E-state index in [9.17, 15) is 0 Å². The van der Waals surface area contributed by atoms with Crippen molar-refractivity contribution in [3.63, 3.8) is 0 Å². The third-order valence-electron chi connectivity index (χ3n) is 3.65. The molecular formula is C20H30. The van der Waals surface area contributed by atoms with E-state index >= 15 is 0 Å². The summed E-state index contributed by atoms with van der Waals surface area (Å²) >= 11 is 0. The highest BCUT2D eigenvalue weighted by molar-refractivity contribution is 5.18. The number of rotatable bonds is 10. The highest BCUT2D eigenvalue weighted by atomic mass is 14.0. The number of benzene rings is 1. The fraction of sp³-hybridized carbons (Fsp3) is 0.550. The normalized spacial score (nSPS) is 10.1. The van der Waals surface area contributed by atoms with Crippen LogP contribution in [0.2, 0.25) is 0 Å². The van der Waals surface area contributed by atoms with Crippen LogP contribution >= 0.6 is 0 Å². The monoisotopic (exact) mass is 270 g/mol. The van der Waals surface area contributed by atoms with Crippen molar-refractivity contribution in [1.82, 2.24) is 0 Å². The van der Waals surface area contributed by atoms with Gasteiger partial charge in [-0.05, 0) is 49.3 Å². The molecular weight excluding hydrogens is 240 g/mol. The second-order valence-electron chi connectivity index (χ2n) is 5.56. The molecule has 1 aromatic carbocycles. The van der Waals surface area contributed by atoms with Crippen molar-refractivity contribution in [2.24, 2.45) is 0 Å². The highest BCUT2D eigenvalue weighted by Gasteiger charge is 1.97. The van der Waals surface area contributed by atoms with Crippen LogP contribution < -0.4 is 0 Å². The molecule has 0 atom stereocenters. The van der Waals surface area contributed by atoms with E-state index in [-0.39, 0.29) is 0 Å². The molecule has 20 heavy (non-hydrogen) atoms. The number of hydrogen-bond acceptors (Lipinski definition) is 0. The van der Waals surface area contributed by atoms with Crippen molar-refractivity contribution in [2.45, 2.75) is 71.6 Å². The molecule has 0 unspecified atom stereocenters. The molecule has 0 aromatic heterocycles. The third kappa shape index (κ3) is 8.02. The summed E-state index contributed by atoms with van der Waals surface area (Å²) in [7, 11) is 0. The van der Waals surface area contributed by atoms with Gasteiger partial charge in [0.1, 0.15) is 0 Å². The standard InChI is InChI=1S/C20H30/c1-3-5-7-9-14-19(13-6-4-2)17-12-18-20-15-10-8-11-16-20/h8,10-12,15-16H,3-7,9,13-14,18H2,1-2H3. The Balaban J connectivity index is 2.49. The molecule has 0 heteroatoms. The minimum absolute atomic E-state index is 1.01. The van der Waals surface area contributed by atoms with Crippen molar-refractivity contribution < 1.29 is 0 Å². The van der Waals surface area contributed by atoms with E-state index in [1.807, 2.05) is 0 Å². The molecule has 0 aliphatic rings. The first-order valence-corrected chi connectivity index (χ1v) is 8.33. The zero-order valence-electron chi connectivity index (χ0n) is 13.3. The molecule has 110 valence electrons. The predicted octanol–water partition coefficient (Wildman–Crippen LogP) is 6.47. The van der Waals surface area contributed by atoms with Gasteiger partial charge in [-0.2, -0.15) is 0 Å². The average Bonchev–Trinajstić information content (AvgIpc) is 2.49. The summed E-state index contributed by atoms with van der Waals surface area (Å²) < 4.78 is 0. The van der Waals surface area contributed by atoms with E-state index in [2.05, 4.69) is 56.0 Å². The van der Waals surface area contributed by atoms with Crippen molar-refractivity contribution in [1.29, 1.82) is 0 Å². The number of allylic oxidation sites excluding steroid dienone is 1. The predicted molar refractivity (Wildman–Crippen MR) is 90.0 cm³/mol. The molecule has 0 nitrogen and oxygen atoms in total. The van der Waals surface area contributed by atoms with Crippen LogP contribution in [0.4, 0.5) is 0 Å². The van der Waals surface area contributed by atoms with Gasteiger partial charge in [-0.15, -0.1) is 5.73 Å². The topological polar surface area (TPSA) is 0 Å². The summed E-state index contributed by atoms with van der Waals surface area (Å²) in [4.78, 5) is 0. The smallest absolute Gasteiger partial charge is 0.00213 e. The van der Waals surface area contributed by atoms with Gasteiger partial charge in [0.25, 0.3) is 0 Å². The zero-order chi connectivity index (χ0) is 14.5. The Labute approximate surface area is 125 Å². The van der Waals surface area contributed by atoms with Crippen molar-refractivity contribution in [3.8, 4) is 0 Å². The molecule has 0 saturated heterocycles. The van der Waals surface area contributed by atoms with Gasteiger partial charge in [0.15, 0.2) is 0 Å². The third-order valence-corrected chi connectivity index (χ3v) is 3.65. The maximum Gasteiger partial charge on any atom is -0.00213 e. The van der Waals surface area contributed by atoms with E-state index in [1.165, 1.54) is 62.5 Å². The van der Waals surface area contributed by atoms with Gasteiger partial charge in [0.2, 0.25) is 0 Å². The zero-order valence-corrected chi connectivity index (χ0v) is 13.3. The van der Waals surface area contributed by atoms with E-state index in [0.717, 1.165) is 6.42 Å². The van der Waals surface area contributed by atoms with Crippen LogP contribution in [0.1, 0.15) is 70.8 Å². The Morgan fingerprint density at radius 1 is 0.900 bits per heavy atom.